The molecule has 4 aromatic carbocycles. The Morgan fingerprint density at radius 2 is 1.42 bits per heavy atom. The van der Waals surface area contributed by atoms with Crippen molar-refractivity contribution < 1.29 is 4.42 Å². The van der Waals surface area contributed by atoms with Gasteiger partial charge in [0.1, 0.15) is 11.2 Å². The van der Waals surface area contributed by atoms with E-state index in [4.69, 9.17) is 4.42 Å². The molecule has 0 N–H and O–H groups in total. The highest BCUT2D eigenvalue weighted by atomic mass is 79.9. The van der Waals surface area contributed by atoms with Gasteiger partial charge in [-0.25, -0.2) is 0 Å². The summed E-state index contributed by atoms with van der Waals surface area (Å²) in [5, 5.41) is 4.70. The van der Waals surface area contributed by atoms with Crippen LogP contribution in [-0.2, 0) is 0 Å². The highest BCUT2D eigenvalue weighted by Crippen LogP contribution is 2.36. The van der Waals surface area contributed by atoms with Crippen molar-refractivity contribution in [3.63, 3.8) is 0 Å². The van der Waals surface area contributed by atoms with Crippen LogP contribution >= 0.6 is 15.9 Å². The minimum atomic E-state index is 0.933. The van der Waals surface area contributed by atoms with Crippen molar-refractivity contribution in [2.45, 2.75) is 0 Å². The first kappa shape index (κ1) is 13.8. The van der Waals surface area contributed by atoms with E-state index in [0.29, 0.717) is 0 Å². The van der Waals surface area contributed by atoms with E-state index >= 15 is 0 Å². The summed E-state index contributed by atoms with van der Waals surface area (Å²) >= 11 is 3.49. The Hall–Kier alpha value is -2.58. The van der Waals surface area contributed by atoms with E-state index < -0.39 is 0 Å². The SMILES string of the molecule is Brc1ccc(-c2ccc3oc4c5ccccc5ccc4c3c2)cc1. The average molecular weight is 373 g/mol. The molecule has 1 heterocycles. The van der Waals surface area contributed by atoms with Crippen LogP contribution in [0.5, 0.6) is 0 Å². The molecule has 0 atom stereocenters. The molecule has 24 heavy (non-hydrogen) atoms. The van der Waals surface area contributed by atoms with Crippen molar-refractivity contribution in [2.24, 2.45) is 0 Å². The van der Waals surface area contributed by atoms with Gasteiger partial charge in [-0.2, -0.15) is 0 Å². The van der Waals surface area contributed by atoms with E-state index in [-0.39, 0.29) is 0 Å². The Morgan fingerprint density at radius 1 is 0.625 bits per heavy atom. The predicted octanol–water partition coefficient (Wildman–Crippen LogP) is 7.17. The fraction of sp³-hybridized carbons (Fsp3) is 0. The van der Waals surface area contributed by atoms with Crippen molar-refractivity contribution in [2.75, 3.05) is 0 Å². The van der Waals surface area contributed by atoms with Gasteiger partial charge >= 0.3 is 0 Å². The first-order valence-electron chi connectivity index (χ1n) is 7.89. The fourth-order valence-corrected chi connectivity index (χ4v) is 3.59. The number of hydrogen-bond donors (Lipinski definition) is 0. The Labute approximate surface area is 147 Å². The summed E-state index contributed by atoms with van der Waals surface area (Å²) in [6, 6.07) is 27.5. The van der Waals surface area contributed by atoms with Crippen molar-refractivity contribution in [3.05, 3.63) is 83.3 Å². The van der Waals surface area contributed by atoms with Crippen LogP contribution < -0.4 is 0 Å². The molecule has 0 fully saturated rings. The Morgan fingerprint density at radius 3 is 2.29 bits per heavy atom. The molecule has 114 valence electrons. The fourth-order valence-electron chi connectivity index (χ4n) is 3.33. The Kier molecular flexibility index (Phi) is 3.00. The van der Waals surface area contributed by atoms with Crippen LogP contribution in [0.4, 0.5) is 0 Å². The van der Waals surface area contributed by atoms with E-state index in [0.717, 1.165) is 26.4 Å². The zero-order valence-electron chi connectivity index (χ0n) is 12.8. The van der Waals surface area contributed by atoms with Crippen LogP contribution in [0.15, 0.2) is 87.8 Å². The first-order valence-corrected chi connectivity index (χ1v) is 8.69. The quantitative estimate of drug-likeness (QED) is 0.304. The predicted molar refractivity (Wildman–Crippen MR) is 104 cm³/mol. The zero-order chi connectivity index (χ0) is 16.1. The van der Waals surface area contributed by atoms with Gasteiger partial charge in [-0.15, -0.1) is 0 Å². The second-order valence-electron chi connectivity index (χ2n) is 5.98. The van der Waals surface area contributed by atoms with Gasteiger partial charge in [-0.3, -0.25) is 0 Å². The lowest BCUT2D eigenvalue weighted by molar-refractivity contribution is 0.672. The molecule has 1 nitrogen and oxygen atoms in total. The summed E-state index contributed by atoms with van der Waals surface area (Å²) in [5.41, 5.74) is 4.30. The molecule has 0 aliphatic carbocycles. The van der Waals surface area contributed by atoms with Crippen LogP contribution in [-0.4, -0.2) is 0 Å². The molecular weight excluding hydrogens is 360 g/mol. The van der Waals surface area contributed by atoms with Crippen LogP contribution in [0.2, 0.25) is 0 Å². The number of furan rings is 1. The van der Waals surface area contributed by atoms with Crippen molar-refractivity contribution >= 4 is 48.6 Å². The minimum absolute atomic E-state index is 0.933. The normalized spacial score (nSPS) is 11.5. The van der Waals surface area contributed by atoms with Gasteiger partial charge in [-0.1, -0.05) is 64.5 Å². The molecular formula is C22H13BrO. The maximum absolute atomic E-state index is 6.17. The summed E-state index contributed by atoms with van der Waals surface area (Å²) in [4.78, 5) is 0. The molecule has 0 aliphatic heterocycles. The minimum Gasteiger partial charge on any atom is -0.455 e. The lowest BCUT2D eigenvalue weighted by atomic mass is 10.0. The monoisotopic (exact) mass is 372 g/mol. The zero-order valence-corrected chi connectivity index (χ0v) is 14.4. The summed E-state index contributed by atoms with van der Waals surface area (Å²) in [6.07, 6.45) is 0. The second kappa shape index (κ2) is 5.22. The first-order chi connectivity index (χ1) is 11.8. The lowest BCUT2D eigenvalue weighted by Crippen LogP contribution is -1.77. The molecule has 0 saturated carbocycles. The average Bonchev–Trinajstić information content (AvgIpc) is 3.01. The molecule has 5 aromatic rings. The van der Waals surface area contributed by atoms with Gasteiger partial charge in [0.05, 0.1) is 0 Å². The number of hydrogen-bond acceptors (Lipinski definition) is 1. The highest BCUT2D eigenvalue weighted by Gasteiger charge is 2.11. The van der Waals surface area contributed by atoms with E-state index in [1.54, 1.807) is 0 Å². The Bertz CT molecular complexity index is 1200. The van der Waals surface area contributed by atoms with Crippen LogP contribution in [0.25, 0.3) is 43.8 Å². The van der Waals surface area contributed by atoms with E-state index in [2.05, 4.69) is 94.8 Å². The molecule has 1 aromatic heterocycles. The number of benzene rings is 4. The molecule has 0 spiro atoms. The Balaban J connectivity index is 1.81. The van der Waals surface area contributed by atoms with E-state index in [1.165, 1.54) is 21.9 Å². The van der Waals surface area contributed by atoms with E-state index in [1.807, 2.05) is 0 Å². The maximum atomic E-state index is 6.17. The van der Waals surface area contributed by atoms with Gasteiger partial charge in [0, 0.05) is 20.6 Å². The van der Waals surface area contributed by atoms with Gasteiger partial charge in [-0.05, 0) is 46.8 Å². The van der Waals surface area contributed by atoms with Crippen LogP contribution in [0.3, 0.4) is 0 Å². The summed E-state index contributed by atoms with van der Waals surface area (Å²) < 4.78 is 7.26. The lowest BCUT2D eigenvalue weighted by Gasteiger charge is -2.02. The molecule has 0 amide bonds. The third-order valence-electron chi connectivity index (χ3n) is 4.54. The van der Waals surface area contributed by atoms with Crippen LogP contribution in [0, 0.1) is 0 Å². The molecule has 0 unspecified atom stereocenters. The second-order valence-corrected chi connectivity index (χ2v) is 6.90. The van der Waals surface area contributed by atoms with Gasteiger partial charge < -0.3 is 4.42 Å². The van der Waals surface area contributed by atoms with E-state index in [9.17, 15) is 0 Å². The largest absolute Gasteiger partial charge is 0.455 e. The number of rotatable bonds is 1. The van der Waals surface area contributed by atoms with Crippen molar-refractivity contribution in [3.8, 4) is 11.1 Å². The molecule has 2 heteroatoms. The number of halogens is 1. The number of fused-ring (bicyclic) bond motifs is 5. The van der Waals surface area contributed by atoms with Crippen molar-refractivity contribution in [1.29, 1.82) is 0 Å². The van der Waals surface area contributed by atoms with Crippen LogP contribution in [0.1, 0.15) is 0 Å². The summed E-state index contributed by atoms with van der Waals surface area (Å²) in [7, 11) is 0. The standard InChI is InChI=1S/C22H13BrO/c23-17-9-5-14(6-10-17)16-8-12-21-20(13-16)19-11-7-15-3-1-2-4-18(15)22(19)24-21/h1-13H. The third kappa shape index (κ3) is 2.07. The maximum Gasteiger partial charge on any atom is 0.143 e. The van der Waals surface area contributed by atoms with Gasteiger partial charge in [0.2, 0.25) is 0 Å². The van der Waals surface area contributed by atoms with Gasteiger partial charge in [0.15, 0.2) is 0 Å². The van der Waals surface area contributed by atoms with Gasteiger partial charge in [0.25, 0.3) is 0 Å². The molecule has 5 rings (SSSR count). The molecule has 0 aliphatic rings. The topological polar surface area (TPSA) is 13.1 Å². The molecule has 0 saturated heterocycles. The highest BCUT2D eigenvalue weighted by molar-refractivity contribution is 9.10. The summed E-state index contributed by atoms with van der Waals surface area (Å²) in [5.74, 6) is 0. The smallest absolute Gasteiger partial charge is 0.143 e. The molecule has 0 radical (unpaired) electrons. The van der Waals surface area contributed by atoms with Crippen molar-refractivity contribution in [1.82, 2.24) is 0 Å². The summed E-state index contributed by atoms with van der Waals surface area (Å²) in [6.45, 7) is 0. The molecule has 0 bridgehead atoms. The third-order valence-corrected chi connectivity index (χ3v) is 5.07.